The van der Waals surface area contributed by atoms with E-state index in [4.69, 9.17) is 0 Å². The summed E-state index contributed by atoms with van der Waals surface area (Å²) in [5.74, 6) is 0.473. The van der Waals surface area contributed by atoms with Crippen LogP contribution < -0.4 is 10.0 Å². The zero-order chi connectivity index (χ0) is 23.3. The van der Waals surface area contributed by atoms with E-state index < -0.39 is 10.0 Å². The zero-order valence-electron chi connectivity index (χ0n) is 18.4. The highest BCUT2D eigenvalue weighted by molar-refractivity contribution is 7.92. The Morgan fingerprint density at radius 3 is 2.42 bits per heavy atom. The van der Waals surface area contributed by atoms with Crippen LogP contribution in [-0.2, 0) is 16.6 Å². The number of amides is 1. The Bertz CT molecular complexity index is 1180. The number of hydrogen-bond acceptors (Lipinski definition) is 6. The lowest BCUT2D eigenvalue weighted by atomic mass is 9.99. The molecule has 2 aromatic carbocycles. The van der Waals surface area contributed by atoms with Crippen molar-refractivity contribution in [2.24, 2.45) is 5.92 Å². The third kappa shape index (κ3) is 6.15. The molecule has 1 saturated heterocycles. The molecule has 172 valence electrons. The molecule has 0 bridgehead atoms. The summed E-state index contributed by atoms with van der Waals surface area (Å²) in [6, 6.07) is 15.1. The first-order valence-electron chi connectivity index (χ1n) is 10.9. The fraction of sp³-hybridized carbons (Fsp3) is 0.292. The molecule has 2 N–H and O–H groups in total. The standard InChI is InChI=1S/C24H27N5O3S/c1-18-4-2-15-29(16-18)17-19-5-7-20(8-6-19)23(30)27-21-9-11-22(12-10-21)33(31,32)28-24-25-13-3-14-26-24/h3,5-14,18H,2,4,15-17H2,1H3,(H,27,30)(H,25,26,28)/t18-/m0/s1. The van der Waals surface area contributed by atoms with Gasteiger partial charge in [-0.2, -0.15) is 0 Å². The lowest BCUT2D eigenvalue weighted by Gasteiger charge is -2.30. The minimum atomic E-state index is -3.82. The van der Waals surface area contributed by atoms with E-state index in [1.54, 1.807) is 18.2 Å². The number of carbonyl (C=O) groups excluding carboxylic acids is 1. The van der Waals surface area contributed by atoms with Crippen LogP contribution in [-0.4, -0.2) is 42.3 Å². The molecular weight excluding hydrogens is 438 g/mol. The summed E-state index contributed by atoms with van der Waals surface area (Å²) in [5.41, 5.74) is 2.23. The lowest BCUT2D eigenvalue weighted by molar-refractivity contribution is 0.102. The first-order valence-corrected chi connectivity index (χ1v) is 12.4. The van der Waals surface area contributed by atoms with Crippen molar-refractivity contribution in [2.75, 3.05) is 23.1 Å². The minimum absolute atomic E-state index is 0.00637. The molecule has 8 nitrogen and oxygen atoms in total. The van der Waals surface area contributed by atoms with Crippen molar-refractivity contribution in [3.8, 4) is 0 Å². The average molecular weight is 466 g/mol. The molecule has 33 heavy (non-hydrogen) atoms. The van der Waals surface area contributed by atoms with Gasteiger partial charge in [-0.15, -0.1) is 0 Å². The SMILES string of the molecule is C[C@H]1CCCN(Cc2ccc(C(=O)Nc3ccc(S(=O)(=O)Nc4ncccn4)cc3)cc2)C1. The van der Waals surface area contributed by atoms with Gasteiger partial charge in [-0.1, -0.05) is 19.1 Å². The summed E-state index contributed by atoms with van der Waals surface area (Å²) in [5, 5.41) is 2.80. The Labute approximate surface area is 194 Å². The third-order valence-corrected chi connectivity index (χ3v) is 6.92. The number of hydrogen-bond donors (Lipinski definition) is 2. The summed E-state index contributed by atoms with van der Waals surface area (Å²) in [4.78, 5) is 22.8. The van der Waals surface area contributed by atoms with Crippen molar-refractivity contribution in [1.29, 1.82) is 0 Å². The number of benzene rings is 2. The number of aromatic nitrogens is 2. The van der Waals surface area contributed by atoms with Gasteiger partial charge in [-0.3, -0.25) is 9.69 Å². The predicted molar refractivity (Wildman–Crippen MR) is 127 cm³/mol. The van der Waals surface area contributed by atoms with Gasteiger partial charge in [0.2, 0.25) is 5.95 Å². The van der Waals surface area contributed by atoms with Gasteiger partial charge in [-0.05, 0) is 73.3 Å². The molecule has 0 aliphatic carbocycles. The van der Waals surface area contributed by atoms with Crippen LogP contribution in [0.2, 0.25) is 0 Å². The minimum Gasteiger partial charge on any atom is -0.322 e. The van der Waals surface area contributed by atoms with Gasteiger partial charge >= 0.3 is 0 Å². The molecule has 1 atom stereocenters. The summed E-state index contributed by atoms with van der Waals surface area (Å²) in [6.07, 6.45) is 5.42. The second-order valence-corrected chi connectivity index (χ2v) is 10.0. The lowest BCUT2D eigenvalue weighted by Crippen LogP contribution is -2.33. The van der Waals surface area contributed by atoms with Crippen LogP contribution in [0.1, 0.15) is 35.7 Å². The zero-order valence-corrected chi connectivity index (χ0v) is 19.3. The van der Waals surface area contributed by atoms with E-state index in [9.17, 15) is 13.2 Å². The van der Waals surface area contributed by atoms with E-state index in [2.05, 4.69) is 31.8 Å². The van der Waals surface area contributed by atoms with Gasteiger partial charge in [0.25, 0.3) is 15.9 Å². The Hall–Kier alpha value is -3.30. The number of rotatable bonds is 7. The van der Waals surface area contributed by atoms with Gasteiger partial charge in [-0.25, -0.2) is 23.1 Å². The van der Waals surface area contributed by atoms with E-state index in [-0.39, 0.29) is 16.8 Å². The van der Waals surface area contributed by atoms with Crippen LogP contribution in [0.4, 0.5) is 11.6 Å². The van der Waals surface area contributed by atoms with E-state index in [1.807, 2.05) is 24.3 Å². The van der Waals surface area contributed by atoms with Gasteiger partial charge in [0, 0.05) is 36.7 Å². The Morgan fingerprint density at radius 2 is 1.76 bits per heavy atom. The molecular formula is C24H27N5O3S. The number of sulfonamides is 1. The van der Waals surface area contributed by atoms with Crippen molar-refractivity contribution in [3.63, 3.8) is 0 Å². The van der Waals surface area contributed by atoms with Crippen molar-refractivity contribution in [3.05, 3.63) is 78.1 Å². The van der Waals surface area contributed by atoms with Gasteiger partial charge in [0.05, 0.1) is 4.90 Å². The highest BCUT2D eigenvalue weighted by Crippen LogP contribution is 2.19. The fourth-order valence-electron chi connectivity index (χ4n) is 3.90. The Kier molecular flexibility index (Phi) is 7.00. The quantitative estimate of drug-likeness (QED) is 0.551. The Balaban J connectivity index is 1.35. The van der Waals surface area contributed by atoms with Gasteiger partial charge < -0.3 is 5.32 Å². The first kappa shape index (κ1) is 22.9. The number of anilines is 2. The van der Waals surface area contributed by atoms with Crippen LogP contribution in [0.5, 0.6) is 0 Å². The number of piperidine rings is 1. The number of likely N-dealkylation sites (tertiary alicyclic amines) is 1. The highest BCUT2D eigenvalue weighted by Gasteiger charge is 2.17. The molecule has 1 aliphatic rings. The van der Waals surface area contributed by atoms with Crippen LogP contribution in [0.25, 0.3) is 0 Å². The fourth-order valence-corrected chi connectivity index (χ4v) is 4.86. The molecule has 4 rings (SSSR count). The van der Waals surface area contributed by atoms with Crippen molar-refractivity contribution < 1.29 is 13.2 Å². The van der Waals surface area contributed by atoms with Crippen LogP contribution >= 0.6 is 0 Å². The summed E-state index contributed by atoms with van der Waals surface area (Å²) >= 11 is 0. The van der Waals surface area contributed by atoms with Crippen LogP contribution in [0, 0.1) is 5.92 Å². The van der Waals surface area contributed by atoms with Crippen molar-refractivity contribution in [1.82, 2.24) is 14.9 Å². The predicted octanol–water partition coefficient (Wildman–Crippen LogP) is 3.76. The molecule has 9 heteroatoms. The smallest absolute Gasteiger partial charge is 0.264 e. The molecule has 1 amide bonds. The van der Waals surface area contributed by atoms with E-state index in [1.165, 1.54) is 42.9 Å². The topological polar surface area (TPSA) is 104 Å². The van der Waals surface area contributed by atoms with E-state index in [0.29, 0.717) is 11.3 Å². The maximum atomic E-state index is 12.6. The third-order valence-electron chi connectivity index (χ3n) is 5.58. The number of nitrogens with one attached hydrogen (secondary N) is 2. The largest absolute Gasteiger partial charge is 0.322 e. The Morgan fingerprint density at radius 1 is 1.06 bits per heavy atom. The number of carbonyl (C=O) groups is 1. The highest BCUT2D eigenvalue weighted by atomic mass is 32.2. The molecule has 0 unspecified atom stereocenters. The van der Waals surface area contributed by atoms with Crippen LogP contribution in [0.15, 0.2) is 71.9 Å². The molecule has 1 fully saturated rings. The molecule has 2 heterocycles. The molecule has 0 radical (unpaired) electrons. The summed E-state index contributed by atoms with van der Waals surface area (Å²) in [7, 11) is -3.82. The molecule has 0 spiro atoms. The molecule has 1 aromatic heterocycles. The second kappa shape index (κ2) is 10.1. The van der Waals surface area contributed by atoms with E-state index >= 15 is 0 Å². The average Bonchev–Trinajstić information content (AvgIpc) is 2.80. The summed E-state index contributed by atoms with van der Waals surface area (Å²) < 4.78 is 27.3. The van der Waals surface area contributed by atoms with Gasteiger partial charge in [0.1, 0.15) is 0 Å². The second-order valence-electron chi connectivity index (χ2n) is 8.34. The number of nitrogens with zero attached hydrogens (tertiary/aromatic N) is 3. The van der Waals surface area contributed by atoms with Crippen molar-refractivity contribution in [2.45, 2.75) is 31.2 Å². The molecule has 1 aliphatic heterocycles. The summed E-state index contributed by atoms with van der Waals surface area (Å²) in [6.45, 7) is 5.41. The molecule has 3 aromatic rings. The van der Waals surface area contributed by atoms with Crippen molar-refractivity contribution >= 4 is 27.6 Å². The maximum Gasteiger partial charge on any atom is 0.264 e. The normalized spacial score (nSPS) is 16.8. The van der Waals surface area contributed by atoms with E-state index in [0.717, 1.165) is 25.6 Å². The first-order chi connectivity index (χ1) is 15.9. The monoisotopic (exact) mass is 465 g/mol. The van der Waals surface area contributed by atoms with Crippen LogP contribution in [0.3, 0.4) is 0 Å². The molecule has 0 saturated carbocycles. The van der Waals surface area contributed by atoms with Gasteiger partial charge in [0.15, 0.2) is 0 Å². The maximum absolute atomic E-state index is 12.6.